The van der Waals surface area contributed by atoms with Gasteiger partial charge in [-0.05, 0) is 12.1 Å². The van der Waals surface area contributed by atoms with Crippen molar-refractivity contribution in [1.82, 2.24) is 4.90 Å². The predicted octanol–water partition coefficient (Wildman–Crippen LogP) is 4.84. The summed E-state index contributed by atoms with van der Waals surface area (Å²) >= 11 is 7.82. The molecule has 0 saturated carbocycles. The lowest BCUT2D eigenvalue weighted by Gasteiger charge is -2.18. The molecule has 0 bridgehead atoms. The third-order valence-electron chi connectivity index (χ3n) is 3.68. The maximum Gasteiger partial charge on any atom is 0.265 e. The molecule has 1 aromatic heterocycles. The summed E-state index contributed by atoms with van der Waals surface area (Å²) in [6.07, 6.45) is 0. The zero-order chi connectivity index (χ0) is 16.4. The van der Waals surface area contributed by atoms with Crippen molar-refractivity contribution in [3.05, 3.63) is 64.0 Å². The van der Waals surface area contributed by atoms with E-state index in [2.05, 4.69) is 0 Å². The number of hydrogen-bond acceptors (Lipinski definition) is 3. The van der Waals surface area contributed by atoms with Gasteiger partial charge in [0.2, 0.25) is 0 Å². The number of halogens is 1. The average Bonchev–Trinajstić information content (AvgIpc) is 2.92. The molecular formula is C18H16ClNO2S. The lowest BCUT2D eigenvalue weighted by molar-refractivity contribution is 0.0789. The van der Waals surface area contributed by atoms with E-state index in [0.717, 1.165) is 21.4 Å². The highest BCUT2D eigenvalue weighted by Crippen LogP contribution is 2.36. The highest BCUT2D eigenvalue weighted by Gasteiger charge is 2.21. The topological polar surface area (TPSA) is 29.5 Å². The first-order valence-electron chi connectivity index (χ1n) is 7.16. The molecule has 1 amide bonds. The molecule has 0 atom stereocenters. The van der Waals surface area contributed by atoms with Crippen molar-refractivity contribution >= 4 is 38.9 Å². The monoisotopic (exact) mass is 345 g/mol. The third-order valence-corrected chi connectivity index (χ3v) is 5.34. The fourth-order valence-corrected chi connectivity index (χ4v) is 3.99. The molecule has 3 aromatic rings. The number of amides is 1. The van der Waals surface area contributed by atoms with Gasteiger partial charge in [0, 0.05) is 29.2 Å². The van der Waals surface area contributed by atoms with Crippen molar-refractivity contribution in [3.63, 3.8) is 0 Å². The molecular weight excluding hydrogens is 330 g/mol. The van der Waals surface area contributed by atoms with Crippen molar-refractivity contribution in [2.45, 2.75) is 6.54 Å². The highest BCUT2D eigenvalue weighted by molar-refractivity contribution is 7.21. The number of carbonyl (C=O) groups is 1. The summed E-state index contributed by atoms with van der Waals surface area (Å²) in [4.78, 5) is 15.0. The Hall–Kier alpha value is -2.04. The van der Waals surface area contributed by atoms with Gasteiger partial charge in [-0.3, -0.25) is 4.79 Å². The second-order valence-corrected chi connectivity index (χ2v) is 6.64. The summed E-state index contributed by atoms with van der Waals surface area (Å²) in [7, 11) is 3.40. The minimum atomic E-state index is -0.0814. The largest absolute Gasteiger partial charge is 0.496 e. The van der Waals surface area contributed by atoms with E-state index in [4.69, 9.17) is 16.3 Å². The van der Waals surface area contributed by atoms with Crippen LogP contribution < -0.4 is 4.74 Å². The van der Waals surface area contributed by atoms with E-state index in [9.17, 15) is 4.79 Å². The van der Waals surface area contributed by atoms with E-state index < -0.39 is 0 Å². The van der Waals surface area contributed by atoms with E-state index in [1.807, 2.05) is 48.5 Å². The zero-order valence-corrected chi connectivity index (χ0v) is 14.4. The lowest BCUT2D eigenvalue weighted by Crippen LogP contribution is -2.25. The van der Waals surface area contributed by atoms with Crippen molar-refractivity contribution < 1.29 is 9.53 Å². The third kappa shape index (κ3) is 3.05. The van der Waals surface area contributed by atoms with Crippen LogP contribution in [-0.4, -0.2) is 25.0 Å². The summed E-state index contributed by atoms with van der Waals surface area (Å²) < 4.78 is 6.36. The van der Waals surface area contributed by atoms with Gasteiger partial charge >= 0.3 is 0 Å². The molecule has 3 nitrogen and oxygen atoms in total. The number of thiophene rings is 1. The number of ether oxygens (including phenoxy) is 1. The molecule has 5 heteroatoms. The average molecular weight is 346 g/mol. The molecule has 0 aliphatic rings. The minimum Gasteiger partial charge on any atom is -0.496 e. The molecule has 1 heterocycles. The molecule has 3 rings (SSSR count). The van der Waals surface area contributed by atoms with Gasteiger partial charge in [0.15, 0.2) is 0 Å². The van der Waals surface area contributed by atoms with E-state index >= 15 is 0 Å². The Morgan fingerprint density at radius 2 is 1.87 bits per heavy atom. The van der Waals surface area contributed by atoms with Crippen LogP contribution in [0, 0.1) is 0 Å². The van der Waals surface area contributed by atoms with Crippen LogP contribution in [0.1, 0.15) is 15.2 Å². The Morgan fingerprint density at radius 3 is 2.61 bits per heavy atom. The Morgan fingerprint density at radius 1 is 1.17 bits per heavy atom. The number of methoxy groups -OCH3 is 1. The number of carbonyl (C=O) groups excluding carboxylic acids is 1. The van der Waals surface area contributed by atoms with Gasteiger partial charge in [0.25, 0.3) is 5.91 Å². The molecule has 0 spiro atoms. The van der Waals surface area contributed by atoms with Crippen molar-refractivity contribution in [2.75, 3.05) is 14.2 Å². The van der Waals surface area contributed by atoms with Crippen molar-refractivity contribution in [2.24, 2.45) is 0 Å². The highest BCUT2D eigenvalue weighted by atomic mass is 35.5. The van der Waals surface area contributed by atoms with Crippen LogP contribution in [0.2, 0.25) is 5.02 Å². The summed E-state index contributed by atoms with van der Waals surface area (Å²) in [5, 5.41) is 1.45. The predicted molar refractivity (Wildman–Crippen MR) is 95.6 cm³/mol. The van der Waals surface area contributed by atoms with Gasteiger partial charge in [-0.15, -0.1) is 11.3 Å². The summed E-state index contributed by atoms with van der Waals surface area (Å²) in [5.74, 6) is 0.691. The molecule has 0 saturated heterocycles. The molecule has 0 radical (unpaired) electrons. The van der Waals surface area contributed by atoms with Crippen LogP contribution in [0.3, 0.4) is 0 Å². The van der Waals surface area contributed by atoms with E-state index in [1.54, 1.807) is 19.1 Å². The standard InChI is InChI=1S/C18H16ClNO2S/c1-20(11-12-7-3-5-9-14(12)22-2)18(21)17-16(19)13-8-4-6-10-15(13)23-17/h3-10H,11H2,1-2H3. The molecule has 0 fully saturated rings. The maximum atomic E-state index is 12.8. The van der Waals surface area contributed by atoms with E-state index in [1.165, 1.54) is 11.3 Å². The first-order chi connectivity index (χ1) is 11.1. The molecule has 0 aliphatic heterocycles. The van der Waals surface area contributed by atoms with Crippen LogP contribution in [0.4, 0.5) is 0 Å². The summed E-state index contributed by atoms with van der Waals surface area (Å²) in [6, 6.07) is 15.5. The number of benzene rings is 2. The quantitative estimate of drug-likeness (QED) is 0.677. The minimum absolute atomic E-state index is 0.0814. The van der Waals surface area contributed by atoms with Crippen molar-refractivity contribution in [1.29, 1.82) is 0 Å². The molecule has 0 unspecified atom stereocenters. The zero-order valence-electron chi connectivity index (χ0n) is 12.9. The van der Waals surface area contributed by atoms with E-state index in [-0.39, 0.29) is 5.91 Å². The van der Waals surface area contributed by atoms with Gasteiger partial charge in [-0.1, -0.05) is 48.0 Å². The summed E-state index contributed by atoms with van der Waals surface area (Å²) in [5.41, 5.74) is 0.961. The number of rotatable bonds is 4. The smallest absolute Gasteiger partial charge is 0.265 e. The van der Waals surface area contributed by atoms with Gasteiger partial charge in [-0.25, -0.2) is 0 Å². The number of para-hydroxylation sites is 1. The summed E-state index contributed by atoms with van der Waals surface area (Å²) in [6.45, 7) is 0.466. The Balaban J connectivity index is 1.88. The first kappa shape index (κ1) is 15.8. The fourth-order valence-electron chi connectivity index (χ4n) is 2.49. The normalized spacial score (nSPS) is 10.7. The Kier molecular flexibility index (Phi) is 4.55. The SMILES string of the molecule is COc1ccccc1CN(C)C(=O)c1sc2ccccc2c1Cl. The fraction of sp³-hybridized carbons (Fsp3) is 0.167. The van der Waals surface area contributed by atoms with Gasteiger partial charge in [0.05, 0.1) is 12.1 Å². The molecule has 23 heavy (non-hydrogen) atoms. The molecule has 0 aliphatic carbocycles. The number of hydrogen-bond donors (Lipinski definition) is 0. The second-order valence-electron chi connectivity index (χ2n) is 5.21. The Labute approximate surface area is 144 Å². The Bertz CT molecular complexity index is 859. The van der Waals surface area contributed by atoms with E-state index in [0.29, 0.717) is 16.4 Å². The first-order valence-corrected chi connectivity index (χ1v) is 8.35. The van der Waals surface area contributed by atoms with Gasteiger partial charge < -0.3 is 9.64 Å². The van der Waals surface area contributed by atoms with Crippen LogP contribution in [0.15, 0.2) is 48.5 Å². The van der Waals surface area contributed by atoms with Crippen LogP contribution >= 0.6 is 22.9 Å². The van der Waals surface area contributed by atoms with Crippen LogP contribution in [-0.2, 0) is 6.54 Å². The second kappa shape index (κ2) is 6.60. The van der Waals surface area contributed by atoms with Crippen LogP contribution in [0.5, 0.6) is 5.75 Å². The van der Waals surface area contributed by atoms with Crippen molar-refractivity contribution in [3.8, 4) is 5.75 Å². The van der Waals surface area contributed by atoms with Gasteiger partial charge in [0.1, 0.15) is 10.6 Å². The van der Waals surface area contributed by atoms with Crippen LogP contribution in [0.25, 0.3) is 10.1 Å². The molecule has 0 N–H and O–H groups in total. The number of fused-ring (bicyclic) bond motifs is 1. The molecule has 118 valence electrons. The molecule has 2 aromatic carbocycles. The maximum absolute atomic E-state index is 12.8. The lowest BCUT2D eigenvalue weighted by atomic mass is 10.2. The number of nitrogens with zero attached hydrogens (tertiary/aromatic N) is 1. The van der Waals surface area contributed by atoms with Gasteiger partial charge in [-0.2, -0.15) is 0 Å².